The zero-order valence-electron chi connectivity index (χ0n) is 8.14. The molecule has 0 amide bonds. The summed E-state index contributed by atoms with van der Waals surface area (Å²) in [5, 5.41) is 7.76. The monoisotopic (exact) mass is 217 g/mol. The Kier molecular flexibility index (Phi) is 4.23. The number of halogens is 1. The number of thiophene rings is 1. The Morgan fingerprint density at radius 2 is 2.31 bits per heavy atom. The third-order valence-corrected chi connectivity index (χ3v) is 2.99. The summed E-state index contributed by atoms with van der Waals surface area (Å²) in [6.45, 7) is 5.30. The molecule has 0 unspecified atom stereocenters. The lowest BCUT2D eigenvalue weighted by molar-refractivity contribution is 0.376. The van der Waals surface area contributed by atoms with Crippen LogP contribution in [0.3, 0.4) is 0 Å². The Hall–Kier alpha value is -0.0500. The van der Waals surface area contributed by atoms with Crippen LogP contribution >= 0.6 is 22.9 Å². The highest BCUT2D eigenvalue weighted by atomic mass is 35.5. The van der Waals surface area contributed by atoms with E-state index in [9.17, 15) is 0 Å². The molecule has 0 aliphatic rings. The van der Waals surface area contributed by atoms with Crippen molar-refractivity contribution in [3.8, 4) is 0 Å². The Bertz CT molecular complexity index is 231. The minimum atomic E-state index is 0.143. The highest BCUT2D eigenvalue weighted by molar-refractivity contribution is 7.07. The maximum atomic E-state index is 5.71. The van der Waals surface area contributed by atoms with Crippen LogP contribution in [-0.4, -0.2) is 11.4 Å². The molecule has 1 nitrogen and oxygen atoms in total. The summed E-state index contributed by atoms with van der Waals surface area (Å²) in [7, 11) is 0. The standard InChI is InChI=1S/C10H16ClNS/c1-10(2,4-5-11)12-7-9-3-6-13-8-9/h3,6,8,12H,4-5,7H2,1-2H3. The smallest absolute Gasteiger partial charge is 0.0240 e. The first-order valence-corrected chi connectivity index (χ1v) is 5.94. The maximum absolute atomic E-state index is 5.71. The molecule has 0 radical (unpaired) electrons. The second kappa shape index (κ2) is 4.99. The molecule has 1 heterocycles. The van der Waals surface area contributed by atoms with Gasteiger partial charge in [0.1, 0.15) is 0 Å². The van der Waals surface area contributed by atoms with Crippen LogP contribution in [0.2, 0.25) is 0 Å². The zero-order chi connectivity index (χ0) is 9.73. The second-order valence-electron chi connectivity index (χ2n) is 3.81. The van der Waals surface area contributed by atoms with Crippen LogP contribution in [0.5, 0.6) is 0 Å². The Morgan fingerprint density at radius 1 is 1.54 bits per heavy atom. The molecule has 0 saturated heterocycles. The molecule has 1 aromatic rings. The molecule has 1 rings (SSSR count). The van der Waals surface area contributed by atoms with Gasteiger partial charge in [-0.1, -0.05) is 0 Å². The van der Waals surface area contributed by atoms with E-state index >= 15 is 0 Å². The van der Waals surface area contributed by atoms with Gasteiger partial charge in [0.05, 0.1) is 0 Å². The molecule has 0 aliphatic carbocycles. The van der Waals surface area contributed by atoms with Crippen molar-refractivity contribution >= 4 is 22.9 Å². The lowest BCUT2D eigenvalue weighted by Crippen LogP contribution is -2.38. The molecular formula is C10H16ClNS. The van der Waals surface area contributed by atoms with Crippen molar-refractivity contribution in [3.63, 3.8) is 0 Å². The van der Waals surface area contributed by atoms with Gasteiger partial charge in [0, 0.05) is 18.0 Å². The van der Waals surface area contributed by atoms with Gasteiger partial charge in [-0.15, -0.1) is 11.6 Å². The minimum absolute atomic E-state index is 0.143. The van der Waals surface area contributed by atoms with Crippen molar-refractivity contribution in [2.45, 2.75) is 32.4 Å². The van der Waals surface area contributed by atoms with Crippen LogP contribution in [0.25, 0.3) is 0 Å². The zero-order valence-corrected chi connectivity index (χ0v) is 9.71. The summed E-state index contributed by atoms with van der Waals surface area (Å²) in [5.41, 5.74) is 1.50. The van der Waals surface area contributed by atoms with Crippen LogP contribution in [-0.2, 0) is 6.54 Å². The normalized spacial score (nSPS) is 11.9. The lowest BCUT2D eigenvalue weighted by Gasteiger charge is -2.25. The van der Waals surface area contributed by atoms with Gasteiger partial charge in [-0.3, -0.25) is 0 Å². The topological polar surface area (TPSA) is 12.0 Å². The first kappa shape index (κ1) is 11.0. The van der Waals surface area contributed by atoms with Crippen molar-refractivity contribution in [2.24, 2.45) is 0 Å². The molecule has 0 aliphatic heterocycles. The average molecular weight is 218 g/mol. The minimum Gasteiger partial charge on any atom is -0.308 e. The molecule has 74 valence electrons. The molecule has 3 heteroatoms. The quantitative estimate of drug-likeness (QED) is 0.747. The first-order valence-electron chi connectivity index (χ1n) is 4.46. The number of rotatable bonds is 5. The molecular weight excluding hydrogens is 202 g/mol. The largest absolute Gasteiger partial charge is 0.308 e. The van der Waals surface area contributed by atoms with E-state index in [0.717, 1.165) is 13.0 Å². The van der Waals surface area contributed by atoms with Crippen molar-refractivity contribution in [1.82, 2.24) is 5.32 Å². The fourth-order valence-corrected chi connectivity index (χ4v) is 2.20. The number of alkyl halides is 1. The molecule has 0 bridgehead atoms. The van der Waals surface area contributed by atoms with E-state index in [1.807, 2.05) is 0 Å². The van der Waals surface area contributed by atoms with E-state index in [-0.39, 0.29) is 5.54 Å². The Labute approximate surface area is 89.1 Å². The van der Waals surface area contributed by atoms with Crippen LogP contribution in [0.4, 0.5) is 0 Å². The molecule has 13 heavy (non-hydrogen) atoms. The van der Waals surface area contributed by atoms with Crippen LogP contribution in [0.15, 0.2) is 16.8 Å². The molecule has 1 N–H and O–H groups in total. The van der Waals surface area contributed by atoms with E-state index in [4.69, 9.17) is 11.6 Å². The molecule has 1 aromatic heterocycles. The summed E-state index contributed by atoms with van der Waals surface area (Å²) >= 11 is 7.45. The van der Waals surface area contributed by atoms with E-state index < -0.39 is 0 Å². The van der Waals surface area contributed by atoms with Crippen LogP contribution in [0.1, 0.15) is 25.8 Å². The molecule has 0 saturated carbocycles. The molecule has 0 fully saturated rings. The summed E-state index contributed by atoms with van der Waals surface area (Å²) in [5.74, 6) is 0.712. The summed E-state index contributed by atoms with van der Waals surface area (Å²) in [6, 6.07) is 2.15. The number of hydrogen-bond acceptors (Lipinski definition) is 2. The fourth-order valence-electron chi connectivity index (χ4n) is 1.06. The van der Waals surface area contributed by atoms with Gasteiger partial charge in [0.15, 0.2) is 0 Å². The van der Waals surface area contributed by atoms with Crippen molar-refractivity contribution in [3.05, 3.63) is 22.4 Å². The first-order chi connectivity index (χ1) is 6.14. The molecule has 0 spiro atoms. The van der Waals surface area contributed by atoms with E-state index in [1.54, 1.807) is 11.3 Å². The van der Waals surface area contributed by atoms with Crippen LogP contribution in [0, 0.1) is 0 Å². The Balaban J connectivity index is 2.33. The third-order valence-electron chi connectivity index (χ3n) is 2.07. The van der Waals surface area contributed by atoms with Gasteiger partial charge in [-0.2, -0.15) is 11.3 Å². The van der Waals surface area contributed by atoms with Crippen molar-refractivity contribution in [2.75, 3.05) is 5.88 Å². The van der Waals surface area contributed by atoms with E-state index in [0.29, 0.717) is 5.88 Å². The highest BCUT2D eigenvalue weighted by Gasteiger charge is 2.15. The van der Waals surface area contributed by atoms with Gasteiger partial charge in [0.25, 0.3) is 0 Å². The number of nitrogens with one attached hydrogen (secondary N) is 1. The predicted octanol–water partition coefficient (Wildman–Crippen LogP) is 3.25. The van der Waals surface area contributed by atoms with Crippen LogP contribution < -0.4 is 5.32 Å². The predicted molar refractivity (Wildman–Crippen MR) is 60.6 cm³/mol. The SMILES string of the molecule is CC(C)(CCCl)NCc1ccsc1. The van der Waals surface area contributed by atoms with E-state index in [1.165, 1.54) is 5.56 Å². The van der Waals surface area contributed by atoms with Crippen molar-refractivity contribution < 1.29 is 0 Å². The summed E-state index contributed by atoms with van der Waals surface area (Å²) < 4.78 is 0. The number of hydrogen-bond donors (Lipinski definition) is 1. The van der Waals surface area contributed by atoms with Crippen molar-refractivity contribution in [1.29, 1.82) is 0 Å². The summed E-state index contributed by atoms with van der Waals surface area (Å²) in [6.07, 6.45) is 0.999. The van der Waals surface area contributed by atoms with Gasteiger partial charge in [0.2, 0.25) is 0 Å². The molecule has 0 aromatic carbocycles. The third kappa shape index (κ3) is 4.12. The second-order valence-corrected chi connectivity index (χ2v) is 4.97. The summed E-state index contributed by atoms with van der Waals surface area (Å²) in [4.78, 5) is 0. The van der Waals surface area contributed by atoms with E-state index in [2.05, 4.69) is 36.0 Å². The van der Waals surface area contributed by atoms with Gasteiger partial charge >= 0.3 is 0 Å². The highest BCUT2D eigenvalue weighted by Crippen LogP contribution is 2.12. The Morgan fingerprint density at radius 3 is 2.85 bits per heavy atom. The van der Waals surface area contributed by atoms with Gasteiger partial charge in [-0.25, -0.2) is 0 Å². The lowest BCUT2D eigenvalue weighted by atomic mass is 10.0. The van der Waals surface area contributed by atoms with Gasteiger partial charge < -0.3 is 5.32 Å². The molecule has 0 atom stereocenters. The average Bonchev–Trinajstić information content (AvgIpc) is 2.52. The fraction of sp³-hybridized carbons (Fsp3) is 0.600. The van der Waals surface area contributed by atoms with Gasteiger partial charge in [-0.05, 0) is 42.7 Å². The maximum Gasteiger partial charge on any atom is 0.0240 e.